The molecule has 0 unspecified atom stereocenters. The monoisotopic (exact) mass is 343 g/mol. The van der Waals surface area contributed by atoms with Crippen molar-refractivity contribution in [2.75, 3.05) is 32.5 Å². The number of urea groups is 1. The maximum absolute atomic E-state index is 12.5. The minimum absolute atomic E-state index is 0.0944. The second-order valence-electron chi connectivity index (χ2n) is 6.00. The number of likely N-dealkylation sites (tertiary alicyclic amines) is 1. The minimum atomic E-state index is -0.0944. The van der Waals surface area contributed by atoms with E-state index in [-0.39, 0.29) is 6.03 Å². The van der Waals surface area contributed by atoms with Gasteiger partial charge in [0.25, 0.3) is 0 Å². The SMILES string of the molecule is Cc1c(Cl)ccc(NC(=O)N2CCC[C@H](N(C)C)CC2)c1Cl. The predicted molar refractivity (Wildman–Crippen MR) is 93.1 cm³/mol. The van der Waals surface area contributed by atoms with Gasteiger partial charge in [0.15, 0.2) is 0 Å². The fourth-order valence-corrected chi connectivity index (χ4v) is 3.17. The molecule has 1 saturated heterocycles. The highest BCUT2D eigenvalue weighted by atomic mass is 35.5. The lowest BCUT2D eigenvalue weighted by Gasteiger charge is -2.24. The highest BCUT2D eigenvalue weighted by molar-refractivity contribution is 6.38. The molecule has 0 aliphatic carbocycles. The first-order valence-electron chi connectivity index (χ1n) is 7.57. The van der Waals surface area contributed by atoms with Gasteiger partial charge in [-0.15, -0.1) is 0 Å². The van der Waals surface area contributed by atoms with Crippen LogP contribution < -0.4 is 5.32 Å². The fraction of sp³-hybridized carbons (Fsp3) is 0.562. The molecule has 0 aromatic heterocycles. The molecule has 1 N–H and O–H groups in total. The summed E-state index contributed by atoms with van der Waals surface area (Å²) in [5, 5.41) is 4.01. The highest BCUT2D eigenvalue weighted by Gasteiger charge is 2.22. The summed E-state index contributed by atoms with van der Waals surface area (Å²) in [6.45, 7) is 3.38. The van der Waals surface area contributed by atoms with Crippen molar-refractivity contribution >= 4 is 34.9 Å². The molecule has 1 fully saturated rings. The molecule has 1 aliphatic rings. The van der Waals surface area contributed by atoms with E-state index in [0.717, 1.165) is 37.9 Å². The van der Waals surface area contributed by atoms with Gasteiger partial charge < -0.3 is 15.1 Å². The van der Waals surface area contributed by atoms with E-state index in [4.69, 9.17) is 23.2 Å². The van der Waals surface area contributed by atoms with Gasteiger partial charge in [-0.3, -0.25) is 0 Å². The van der Waals surface area contributed by atoms with Gasteiger partial charge >= 0.3 is 6.03 Å². The molecule has 122 valence electrons. The molecule has 2 rings (SSSR count). The number of amides is 2. The van der Waals surface area contributed by atoms with Gasteiger partial charge in [0, 0.05) is 24.2 Å². The fourth-order valence-electron chi connectivity index (χ4n) is 2.75. The van der Waals surface area contributed by atoms with Crippen molar-refractivity contribution in [3.8, 4) is 0 Å². The van der Waals surface area contributed by atoms with Crippen LogP contribution >= 0.6 is 23.2 Å². The van der Waals surface area contributed by atoms with Crippen molar-refractivity contribution in [2.45, 2.75) is 32.2 Å². The molecule has 1 atom stereocenters. The van der Waals surface area contributed by atoms with Crippen molar-refractivity contribution in [1.29, 1.82) is 0 Å². The Morgan fingerprint density at radius 2 is 2.00 bits per heavy atom. The number of hydrogen-bond donors (Lipinski definition) is 1. The number of anilines is 1. The largest absolute Gasteiger partial charge is 0.324 e. The average Bonchev–Trinajstić information content (AvgIpc) is 2.74. The Hall–Kier alpha value is -0.970. The van der Waals surface area contributed by atoms with Crippen LogP contribution in [0.1, 0.15) is 24.8 Å². The van der Waals surface area contributed by atoms with Gasteiger partial charge in [-0.2, -0.15) is 0 Å². The third kappa shape index (κ3) is 4.06. The van der Waals surface area contributed by atoms with Gasteiger partial charge in [0.2, 0.25) is 0 Å². The number of carbonyl (C=O) groups excluding carboxylic acids is 1. The quantitative estimate of drug-likeness (QED) is 0.871. The van der Waals surface area contributed by atoms with Crippen LogP contribution in [0, 0.1) is 6.92 Å². The lowest BCUT2D eigenvalue weighted by molar-refractivity contribution is 0.210. The van der Waals surface area contributed by atoms with Gasteiger partial charge in [-0.25, -0.2) is 4.79 Å². The maximum Gasteiger partial charge on any atom is 0.321 e. The molecule has 2 amide bonds. The zero-order valence-corrected chi connectivity index (χ0v) is 14.8. The Kier molecular flexibility index (Phi) is 5.95. The third-order valence-corrected chi connectivity index (χ3v) is 5.17. The molecule has 1 aliphatic heterocycles. The second-order valence-corrected chi connectivity index (χ2v) is 6.78. The van der Waals surface area contributed by atoms with Crippen LogP contribution in [0.4, 0.5) is 10.5 Å². The van der Waals surface area contributed by atoms with Gasteiger partial charge in [-0.05, 0) is 58.0 Å². The number of nitrogens with one attached hydrogen (secondary N) is 1. The van der Waals surface area contributed by atoms with Crippen LogP contribution in [0.25, 0.3) is 0 Å². The van der Waals surface area contributed by atoms with Gasteiger partial charge in [0.1, 0.15) is 0 Å². The molecule has 1 aromatic rings. The zero-order chi connectivity index (χ0) is 16.3. The first kappa shape index (κ1) is 17.4. The Morgan fingerprint density at radius 1 is 1.27 bits per heavy atom. The standard InChI is InChI=1S/C16H23Cl2N3O/c1-11-13(17)6-7-14(15(11)18)19-16(22)21-9-4-5-12(8-10-21)20(2)3/h6-7,12H,4-5,8-10H2,1-3H3,(H,19,22)/t12-/m0/s1. The predicted octanol–water partition coefficient (Wildman–Crippen LogP) is 4.25. The Labute approximate surface area is 142 Å². The Morgan fingerprint density at radius 3 is 2.68 bits per heavy atom. The molecule has 0 spiro atoms. The summed E-state index contributed by atoms with van der Waals surface area (Å²) < 4.78 is 0. The van der Waals surface area contributed by atoms with Crippen LogP contribution in [0.2, 0.25) is 10.0 Å². The average molecular weight is 344 g/mol. The topological polar surface area (TPSA) is 35.6 Å². The number of rotatable bonds is 2. The zero-order valence-electron chi connectivity index (χ0n) is 13.3. The number of hydrogen-bond acceptors (Lipinski definition) is 2. The van der Waals surface area contributed by atoms with Gasteiger partial charge in [-0.1, -0.05) is 23.2 Å². The van der Waals surface area contributed by atoms with E-state index < -0.39 is 0 Å². The molecule has 6 heteroatoms. The summed E-state index contributed by atoms with van der Waals surface area (Å²) in [4.78, 5) is 16.6. The Bertz CT molecular complexity index is 548. The van der Waals surface area contributed by atoms with Crippen LogP contribution in [0.5, 0.6) is 0 Å². The minimum Gasteiger partial charge on any atom is -0.324 e. The summed E-state index contributed by atoms with van der Waals surface area (Å²) in [6, 6.07) is 3.95. The van der Waals surface area contributed by atoms with Crippen LogP contribution in [-0.2, 0) is 0 Å². The summed E-state index contributed by atoms with van der Waals surface area (Å²) in [5.41, 5.74) is 1.40. The summed E-state index contributed by atoms with van der Waals surface area (Å²) in [5.74, 6) is 0. The number of nitrogens with zero attached hydrogens (tertiary/aromatic N) is 2. The van der Waals surface area contributed by atoms with Crippen LogP contribution in [0.3, 0.4) is 0 Å². The number of carbonyl (C=O) groups is 1. The summed E-state index contributed by atoms with van der Waals surface area (Å²) in [7, 11) is 4.19. The maximum atomic E-state index is 12.5. The molecule has 0 bridgehead atoms. The van der Waals surface area contributed by atoms with E-state index in [1.165, 1.54) is 0 Å². The number of benzene rings is 1. The first-order valence-corrected chi connectivity index (χ1v) is 8.32. The van der Waals surface area contributed by atoms with Crippen LogP contribution in [0.15, 0.2) is 12.1 Å². The van der Waals surface area contributed by atoms with E-state index in [1.807, 2.05) is 11.8 Å². The normalized spacial score (nSPS) is 19.2. The summed E-state index contributed by atoms with van der Waals surface area (Å²) >= 11 is 12.3. The second kappa shape index (κ2) is 7.53. The smallest absolute Gasteiger partial charge is 0.321 e. The summed E-state index contributed by atoms with van der Waals surface area (Å²) in [6.07, 6.45) is 3.13. The van der Waals surface area contributed by atoms with Gasteiger partial charge in [0.05, 0.1) is 10.7 Å². The lowest BCUT2D eigenvalue weighted by atomic mass is 10.1. The first-order chi connectivity index (χ1) is 10.4. The molecular formula is C16H23Cl2N3O. The third-order valence-electron chi connectivity index (χ3n) is 4.28. The van der Waals surface area contributed by atoms with Crippen molar-refractivity contribution in [3.05, 3.63) is 27.7 Å². The lowest BCUT2D eigenvalue weighted by Crippen LogP contribution is -2.36. The van der Waals surface area contributed by atoms with E-state index in [0.29, 0.717) is 21.8 Å². The van der Waals surface area contributed by atoms with E-state index in [1.54, 1.807) is 12.1 Å². The number of halogens is 2. The molecule has 0 radical (unpaired) electrons. The molecular weight excluding hydrogens is 321 g/mol. The molecule has 0 saturated carbocycles. The highest BCUT2D eigenvalue weighted by Crippen LogP contribution is 2.31. The molecule has 22 heavy (non-hydrogen) atoms. The van der Waals surface area contributed by atoms with Crippen molar-refractivity contribution in [3.63, 3.8) is 0 Å². The van der Waals surface area contributed by atoms with E-state index in [9.17, 15) is 4.79 Å². The van der Waals surface area contributed by atoms with Crippen LogP contribution in [-0.4, -0.2) is 49.1 Å². The molecule has 1 aromatic carbocycles. The van der Waals surface area contributed by atoms with Crippen molar-refractivity contribution in [2.24, 2.45) is 0 Å². The Balaban J connectivity index is 2.02. The van der Waals surface area contributed by atoms with Crippen molar-refractivity contribution in [1.82, 2.24) is 9.80 Å². The van der Waals surface area contributed by atoms with E-state index >= 15 is 0 Å². The van der Waals surface area contributed by atoms with Crippen molar-refractivity contribution < 1.29 is 4.79 Å². The molecule has 4 nitrogen and oxygen atoms in total. The molecule has 1 heterocycles. The van der Waals surface area contributed by atoms with E-state index in [2.05, 4.69) is 24.3 Å².